The van der Waals surface area contributed by atoms with Crippen LogP contribution in [0.5, 0.6) is 0 Å². The van der Waals surface area contributed by atoms with Gasteiger partial charge in [-0.25, -0.2) is 0 Å². The molecule has 0 aliphatic carbocycles. The number of amides is 1. The van der Waals surface area contributed by atoms with Gasteiger partial charge >= 0.3 is 0 Å². The number of halogens is 1. The Balaban J connectivity index is 2.11. The first-order chi connectivity index (χ1) is 7.74. The van der Waals surface area contributed by atoms with Gasteiger partial charge in [0.05, 0.1) is 5.56 Å². The zero-order valence-corrected chi connectivity index (χ0v) is 11.2. The summed E-state index contributed by atoms with van der Waals surface area (Å²) in [6.07, 6.45) is 6.11. The maximum Gasteiger partial charge on any atom is 0.254 e. The summed E-state index contributed by atoms with van der Waals surface area (Å²) in [7, 11) is 0. The Morgan fingerprint density at radius 2 is 2.12 bits per heavy atom. The lowest BCUT2D eigenvalue weighted by atomic mass is 10.2. The molecule has 0 aliphatic heterocycles. The van der Waals surface area contributed by atoms with Crippen LogP contribution in [0.4, 0.5) is 0 Å². The van der Waals surface area contributed by atoms with Gasteiger partial charge in [0.25, 0.3) is 5.91 Å². The molecule has 0 fully saturated rings. The van der Waals surface area contributed by atoms with Crippen LogP contribution in [0.3, 0.4) is 0 Å². The van der Waals surface area contributed by atoms with Crippen LogP contribution in [-0.4, -0.2) is 17.8 Å². The molecule has 1 heterocycles. The summed E-state index contributed by atoms with van der Waals surface area (Å²) in [5.74, 6) is 0.722. The molecule has 3 nitrogen and oxygen atoms in total. The van der Waals surface area contributed by atoms with E-state index in [4.69, 9.17) is 4.42 Å². The molecule has 1 N–H and O–H groups in total. The molecular formula is C12H18BrNO2. The van der Waals surface area contributed by atoms with Gasteiger partial charge in [-0.3, -0.25) is 4.79 Å². The second kappa shape index (κ2) is 7.49. The fourth-order valence-corrected chi connectivity index (χ4v) is 1.84. The molecule has 0 unspecified atom stereocenters. The summed E-state index contributed by atoms with van der Waals surface area (Å²) in [5, 5.41) is 3.94. The van der Waals surface area contributed by atoms with Gasteiger partial charge in [0, 0.05) is 11.9 Å². The smallest absolute Gasteiger partial charge is 0.254 e. The minimum Gasteiger partial charge on any atom is -0.469 e. The number of carbonyl (C=O) groups is 1. The zero-order chi connectivity index (χ0) is 11.8. The highest BCUT2D eigenvalue weighted by atomic mass is 79.9. The van der Waals surface area contributed by atoms with Gasteiger partial charge in [0.2, 0.25) is 0 Å². The van der Waals surface area contributed by atoms with Crippen LogP contribution in [0.2, 0.25) is 0 Å². The number of furan rings is 1. The molecule has 1 aromatic rings. The van der Waals surface area contributed by atoms with E-state index in [2.05, 4.69) is 21.2 Å². The molecule has 90 valence electrons. The third kappa shape index (κ3) is 4.84. The first kappa shape index (κ1) is 13.3. The summed E-state index contributed by atoms with van der Waals surface area (Å²) >= 11 is 3.39. The maximum atomic E-state index is 11.6. The van der Waals surface area contributed by atoms with Gasteiger partial charge in [0.1, 0.15) is 12.0 Å². The second-order valence-electron chi connectivity index (χ2n) is 3.81. The lowest BCUT2D eigenvalue weighted by Gasteiger charge is -2.02. The van der Waals surface area contributed by atoms with E-state index in [-0.39, 0.29) is 5.91 Å². The standard InChI is InChI=1S/C12H18BrNO2/c1-10-8-11(9-16-10)12(15)14-7-5-3-2-4-6-13/h8-9H,2-7H2,1H3,(H,14,15). The Bertz CT molecular complexity index is 323. The number of nitrogens with one attached hydrogen (secondary N) is 1. The fourth-order valence-electron chi connectivity index (χ4n) is 1.44. The first-order valence-corrected chi connectivity index (χ1v) is 6.75. The summed E-state index contributed by atoms with van der Waals surface area (Å²) in [6, 6.07) is 1.75. The van der Waals surface area contributed by atoms with Gasteiger partial charge in [-0.2, -0.15) is 0 Å². The Labute approximate surface area is 105 Å². The number of aryl methyl sites for hydroxylation is 1. The molecule has 0 aromatic carbocycles. The van der Waals surface area contributed by atoms with E-state index in [1.165, 1.54) is 19.1 Å². The van der Waals surface area contributed by atoms with Gasteiger partial charge in [-0.1, -0.05) is 28.8 Å². The van der Waals surface area contributed by atoms with Gasteiger partial charge in [-0.05, 0) is 25.8 Å². The van der Waals surface area contributed by atoms with Crippen molar-refractivity contribution in [1.82, 2.24) is 5.32 Å². The maximum absolute atomic E-state index is 11.6. The Hall–Kier alpha value is -0.770. The number of hydrogen-bond donors (Lipinski definition) is 1. The topological polar surface area (TPSA) is 42.2 Å². The summed E-state index contributed by atoms with van der Waals surface area (Å²) in [5.41, 5.74) is 0.609. The third-order valence-corrected chi connectivity index (χ3v) is 2.90. The van der Waals surface area contributed by atoms with Crippen molar-refractivity contribution in [1.29, 1.82) is 0 Å². The fraction of sp³-hybridized carbons (Fsp3) is 0.583. The Morgan fingerprint density at radius 1 is 1.38 bits per heavy atom. The second-order valence-corrected chi connectivity index (χ2v) is 4.60. The average molecular weight is 288 g/mol. The van der Waals surface area contributed by atoms with Crippen molar-refractivity contribution >= 4 is 21.8 Å². The Kier molecular flexibility index (Phi) is 6.23. The van der Waals surface area contributed by atoms with Crippen molar-refractivity contribution in [3.05, 3.63) is 23.7 Å². The monoisotopic (exact) mass is 287 g/mol. The predicted molar refractivity (Wildman–Crippen MR) is 68.0 cm³/mol. The molecule has 1 amide bonds. The minimum atomic E-state index is -0.0441. The number of carbonyl (C=O) groups excluding carboxylic acids is 1. The molecule has 0 aliphatic rings. The highest BCUT2D eigenvalue weighted by Gasteiger charge is 2.06. The predicted octanol–water partition coefficient (Wildman–Crippen LogP) is 3.27. The molecule has 1 rings (SSSR count). The van der Waals surface area contributed by atoms with Crippen LogP contribution in [-0.2, 0) is 0 Å². The van der Waals surface area contributed by atoms with Crippen molar-refractivity contribution in [2.45, 2.75) is 32.6 Å². The van der Waals surface area contributed by atoms with Crippen LogP contribution < -0.4 is 5.32 Å². The normalized spacial score (nSPS) is 10.4. The van der Waals surface area contributed by atoms with Crippen LogP contribution >= 0.6 is 15.9 Å². The number of alkyl halides is 1. The minimum absolute atomic E-state index is 0.0441. The first-order valence-electron chi connectivity index (χ1n) is 5.63. The molecule has 16 heavy (non-hydrogen) atoms. The molecule has 0 spiro atoms. The van der Waals surface area contributed by atoms with Gasteiger partial charge < -0.3 is 9.73 Å². The van der Waals surface area contributed by atoms with Gasteiger partial charge in [-0.15, -0.1) is 0 Å². The third-order valence-electron chi connectivity index (χ3n) is 2.34. The number of rotatable bonds is 7. The lowest BCUT2D eigenvalue weighted by molar-refractivity contribution is 0.0952. The highest BCUT2D eigenvalue weighted by molar-refractivity contribution is 9.09. The summed E-state index contributed by atoms with van der Waals surface area (Å²) in [4.78, 5) is 11.6. The van der Waals surface area contributed by atoms with Crippen LogP contribution in [0, 0.1) is 6.92 Å². The van der Waals surface area contributed by atoms with E-state index in [9.17, 15) is 4.79 Å². The molecule has 0 saturated heterocycles. The number of unbranched alkanes of at least 4 members (excludes halogenated alkanes) is 3. The Morgan fingerprint density at radius 3 is 2.75 bits per heavy atom. The lowest BCUT2D eigenvalue weighted by Crippen LogP contribution is -2.23. The van der Waals surface area contributed by atoms with Crippen molar-refractivity contribution in [2.75, 3.05) is 11.9 Å². The number of hydrogen-bond acceptors (Lipinski definition) is 2. The molecule has 0 radical (unpaired) electrons. The van der Waals surface area contributed by atoms with Crippen molar-refractivity contribution in [3.8, 4) is 0 Å². The highest BCUT2D eigenvalue weighted by Crippen LogP contribution is 2.06. The summed E-state index contributed by atoms with van der Waals surface area (Å²) < 4.78 is 5.08. The molecule has 4 heteroatoms. The van der Waals surface area contributed by atoms with Crippen LogP contribution in [0.25, 0.3) is 0 Å². The van der Waals surface area contributed by atoms with Gasteiger partial charge in [0.15, 0.2) is 0 Å². The van der Waals surface area contributed by atoms with E-state index >= 15 is 0 Å². The molecular weight excluding hydrogens is 270 g/mol. The summed E-state index contributed by atoms with van der Waals surface area (Å²) in [6.45, 7) is 2.57. The molecule has 0 saturated carbocycles. The quantitative estimate of drug-likeness (QED) is 0.618. The van der Waals surface area contributed by atoms with Crippen LogP contribution in [0.1, 0.15) is 41.8 Å². The average Bonchev–Trinajstić information content (AvgIpc) is 2.70. The van der Waals surface area contributed by atoms with E-state index in [1.807, 2.05) is 6.92 Å². The van der Waals surface area contributed by atoms with E-state index < -0.39 is 0 Å². The zero-order valence-electron chi connectivity index (χ0n) is 9.59. The van der Waals surface area contributed by atoms with Crippen molar-refractivity contribution in [3.63, 3.8) is 0 Å². The molecule has 0 atom stereocenters. The van der Waals surface area contributed by atoms with Crippen molar-refractivity contribution < 1.29 is 9.21 Å². The van der Waals surface area contributed by atoms with Crippen molar-refractivity contribution in [2.24, 2.45) is 0 Å². The molecule has 1 aromatic heterocycles. The largest absolute Gasteiger partial charge is 0.469 e. The SMILES string of the molecule is Cc1cc(C(=O)NCCCCCCBr)co1. The van der Waals surface area contributed by atoms with E-state index in [0.29, 0.717) is 5.56 Å². The van der Waals surface area contributed by atoms with Crippen LogP contribution in [0.15, 0.2) is 16.7 Å². The van der Waals surface area contributed by atoms with E-state index in [0.717, 1.165) is 30.5 Å². The van der Waals surface area contributed by atoms with E-state index in [1.54, 1.807) is 6.07 Å². The molecule has 0 bridgehead atoms.